The molecule has 1 heterocycles. The van der Waals surface area contributed by atoms with Crippen molar-refractivity contribution in [1.82, 2.24) is 15.0 Å². The second-order valence-electron chi connectivity index (χ2n) is 6.30. The van der Waals surface area contributed by atoms with Crippen LogP contribution in [0.3, 0.4) is 0 Å². The molecule has 27 heavy (non-hydrogen) atoms. The van der Waals surface area contributed by atoms with Crippen molar-refractivity contribution in [2.75, 3.05) is 0 Å². The van der Waals surface area contributed by atoms with Crippen LogP contribution < -0.4 is 4.18 Å². The van der Waals surface area contributed by atoms with Crippen LogP contribution in [0.15, 0.2) is 71.6 Å². The summed E-state index contributed by atoms with van der Waals surface area (Å²) >= 11 is 0. The van der Waals surface area contributed by atoms with Gasteiger partial charge in [-0.25, -0.2) is 0 Å². The van der Waals surface area contributed by atoms with Gasteiger partial charge in [-0.2, -0.15) is 8.42 Å². The fourth-order valence-electron chi connectivity index (χ4n) is 2.69. The third kappa shape index (κ3) is 3.41. The second-order valence-corrected chi connectivity index (χ2v) is 7.85. The van der Waals surface area contributed by atoms with Crippen molar-refractivity contribution >= 4 is 21.2 Å². The van der Waals surface area contributed by atoms with Crippen molar-refractivity contribution in [2.45, 2.75) is 18.7 Å². The summed E-state index contributed by atoms with van der Waals surface area (Å²) in [7, 11) is -3.97. The molecule has 0 radical (unpaired) electrons. The van der Waals surface area contributed by atoms with Gasteiger partial charge in [0, 0.05) is 0 Å². The predicted molar refractivity (Wildman–Crippen MR) is 103 cm³/mol. The second kappa shape index (κ2) is 6.51. The Kier molecular flexibility index (Phi) is 4.16. The van der Waals surface area contributed by atoms with Crippen molar-refractivity contribution in [3.05, 3.63) is 77.9 Å². The van der Waals surface area contributed by atoms with Crippen LogP contribution in [0.1, 0.15) is 11.1 Å². The Labute approximate surface area is 157 Å². The molecule has 6 nitrogen and oxygen atoms in total. The van der Waals surface area contributed by atoms with E-state index in [2.05, 4.69) is 10.2 Å². The van der Waals surface area contributed by atoms with Crippen molar-refractivity contribution in [3.8, 4) is 11.4 Å². The maximum Gasteiger partial charge on any atom is 0.339 e. The largest absolute Gasteiger partial charge is 0.377 e. The van der Waals surface area contributed by atoms with Gasteiger partial charge in [0.15, 0.2) is 5.75 Å². The van der Waals surface area contributed by atoms with Crippen LogP contribution in [0, 0.1) is 13.8 Å². The van der Waals surface area contributed by atoms with E-state index in [4.69, 9.17) is 4.18 Å². The summed E-state index contributed by atoms with van der Waals surface area (Å²) in [5, 5.41) is 8.86. The number of nitrogens with zero attached hydrogens (tertiary/aromatic N) is 3. The van der Waals surface area contributed by atoms with E-state index in [0.29, 0.717) is 16.7 Å². The highest BCUT2D eigenvalue weighted by atomic mass is 32.2. The van der Waals surface area contributed by atoms with Gasteiger partial charge in [-0.05, 0) is 55.8 Å². The first kappa shape index (κ1) is 17.2. The number of hydrogen-bond donors (Lipinski definition) is 0. The summed E-state index contributed by atoms with van der Waals surface area (Å²) in [6.07, 6.45) is 0. The average Bonchev–Trinajstić information content (AvgIpc) is 3.07. The third-order valence-electron chi connectivity index (χ3n) is 4.13. The first-order valence-electron chi connectivity index (χ1n) is 8.37. The molecule has 0 aliphatic heterocycles. The van der Waals surface area contributed by atoms with E-state index >= 15 is 0 Å². The Hall–Kier alpha value is -3.19. The van der Waals surface area contributed by atoms with Gasteiger partial charge >= 0.3 is 10.1 Å². The summed E-state index contributed by atoms with van der Waals surface area (Å²) in [4.78, 5) is 1.50. The van der Waals surface area contributed by atoms with Crippen molar-refractivity contribution in [1.29, 1.82) is 0 Å². The highest BCUT2D eigenvalue weighted by Gasteiger charge is 2.20. The van der Waals surface area contributed by atoms with Gasteiger partial charge in [-0.1, -0.05) is 35.9 Å². The molecular weight excluding hydrogens is 362 g/mol. The molecule has 4 aromatic rings. The molecule has 0 atom stereocenters. The number of fused-ring (bicyclic) bond motifs is 1. The average molecular weight is 379 g/mol. The van der Waals surface area contributed by atoms with E-state index in [1.807, 2.05) is 38.1 Å². The van der Waals surface area contributed by atoms with Crippen LogP contribution in [0.2, 0.25) is 0 Å². The van der Waals surface area contributed by atoms with E-state index in [1.165, 1.54) is 16.9 Å². The van der Waals surface area contributed by atoms with Crippen LogP contribution in [-0.2, 0) is 10.1 Å². The molecule has 0 aliphatic carbocycles. The molecule has 136 valence electrons. The molecule has 0 saturated heterocycles. The molecule has 0 spiro atoms. The Morgan fingerprint density at radius 2 is 1.41 bits per heavy atom. The Balaban J connectivity index is 1.78. The van der Waals surface area contributed by atoms with Gasteiger partial charge in [0.2, 0.25) is 0 Å². The fourth-order valence-corrected chi connectivity index (χ4v) is 3.64. The Morgan fingerprint density at radius 3 is 2.04 bits per heavy atom. The molecule has 0 fully saturated rings. The fraction of sp³-hybridized carbons (Fsp3) is 0.100. The molecule has 0 aliphatic rings. The normalized spacial score (nSPS) is 11.6. The summed E-state index contributed by atoms with van der Waals surface area (Å²) < 4.78 is 30.8. The summed E-state index contributed by atoms with van der Waals surface area (Å²) in [5.74, 6) is 0.168. The highest BCUT2D eigenvalue weighted by Crippen LogP contribution is 2.27. The zero-order valence-corrected chi connectivity index (χ0v) is 15.6. The van der Waals surface area contributed by atoms with Crippen molar-refractivity contribution < 1.29 is 12.6 Å². The van der Waals surface area contributed by atoms with E-state index in [1.54, 1.807) is 30.3 Å². The molecule has 1 aromatic heterocycles. The minimum Gasteiger partial charge on any atom is -0.377 e. The number of aryl methyl sites for hydroxylation is 2. The molecular formula is C20H17N3O3S. The van der Waals surface area contributed by atoms with Gasteiger partial charge in [-0.15, -0.1) is 15.0 Å². The zero-order valence-electron chi connectivity index (χ0n) is 14.8. The maximum absolute atomic E-state index is 12.7. The zero-order chi connectivity index (χ0) is 19.0. The van der Waals surface area contributed by atoms with E-state index in [0.717, 1.165) is 11.1 Å². The number of hydrogen-bond acceptors (Lipinski definition) is 5. The SMILES string of the molecule is Cc1ccc(S(=O)(=O)Oc2ccc(C)cc2-n2nc3ccccc3n2)cc1. The summed E-state index contributed by atoms with van der Waals surface area (Å²) in [5.41, 5.74) is 3.79. The topological polar surface area (TPSA) is 74.1 Å². The maximum atomic E-state index is 12.7. The number of rotatable bonds is 4. The predicted octanol–water partition coefficient (Wildman–Crippen LogP) is 3.81. The molecule has 0 amide bonds. The minimum absolute atomic E-state index is 0.0956. The van der Waals surface area contributed by atoms with Crippen LogP contribution >= 0.6 is 0 Å². The lowest BCUT2D eigenvalue weighted by Crippen LogP contribution is -2.12. The minimum atomic E-state index is -3.97. The van der Waals surface area contributed by atoms with Gasteiger partial charge < -0.3 is 4.18 Å². The smallest absolute Gasteiger partial charge is 0.339 e. The van der Waals surface area contributed by atoms with E-state index < -0.39 is 10.1 Å². The van der Waals surface area contributed by atoms with Crippen LogP contribution in [-0.4, -0.2) is 23.4 Å². The van der Waals surface area contributed by atoms with Gasteiger partial charge in [0.1, 0.15) is 21.6 Å². The van der Waals surface area contributed by atoms with Crippen LogP contribution in [0.25, 0.3) is 16.7 Å². The first-order chi connectivity index (χ1) is 12.9. The quantitative estimate of drug-likeness (QED) is 0.504. The van der Waals surface area contributed by atoms with Gasteiger partial charge in [0.05, 0.1) is 0 Å². The lowest BCUT2D eigenvalue weighted by molar-refractivity contribution is 0.482. The lowest BCUT2D eigenvalue weighted by atomic mass is 10.2. The molecule has 7 heteroatoms. The molecule has 0 bridgehead atoms. The van der Waals surface area contributed by atoms with Crippen LogP contribution in [0.4, 0.5) is 0 Å². The van der Waals surface area contributed by atoms with E-state index in [-0.39, 0.29) is 10.6 Å². The molecule has 0 unspecified atom stereocenters. The van der Waals surface area contributed by atoms with Crippen LogP contribution in [0.5, 0.6) is 5.75 Å². The molecule has 0 N–H and O–H groups in total. The number of aromatic nitrogens is 3. The summed E-state index contributed by atoms with van der Waals surface area (Å²) in [6.45, 7) is 3.80. The standard InChI is InChI=1S/C20H17N3O3S/c1-14-7-10-16(11-8-14)27(24,25)26-20-12-9-15(2)13-19(20)23-21-17-5-3-4-6-18(17)22-23/h3-13H,1-2H3. The third-order valence-corrected chi connectivity index (χ3v) is 5.37. The Bertz CT molecular complexity index is 1200. The molecule has 4 rings (SSSR count). The summed E-state index contributed by atoms with van der Waals surface area (Å²) in [6, 6.07) is 19.1. The Morgan fingerprint density at radius 1 is 0.815 bits per heavy atom. The van der Waals surface area contributed by atoms with Crippen molar-refractivity contribution in [2.24, 2.45) is 0 Å². The number of benzene rings is 3. The molecule has 3 aromatic carbocycles. The van der Waals surface area contributed by atoms with E-state index in [9.17, 15) is 8.42 Å². The molecule has 0 saturated carbocycles. The van der Waals surface area contributed by atoms with Gasteiger partial charge in [0.25, 0.3) is 0 Å². The lowest BCUT2D eigenvalue weighted by Gasteiger charge is -2.11. The van der Waals surface area contributed by atoms with Gasteiger partial charge in [-0.3, -0.25) is 0 Å². The first-order valence-corrected chi connectivity index (χ1v) is 9.77. The highest BCUT2D eigenvalue weighted by molar-refractivity contribution is 7.87. The van der Waals surface area contributed by atoms with Crippen molar-refractivity contribution in [3.63, 3.8) is 0 Å². The monoisotopic (exact) mass is 379 g/mol.